The fraction of sp³-hybridized carbons (Fsp3) is 0.538. The van der Waals surface area contributed by atoms with E-state index in [1.54, 1.807) is 14.2 Å². The molecule has 1 rings (SSSR count). The molecule has 1 aromatic rings. The molecule has 0 fully saturated rings. The van der Waals surface area contributed by atoms with E-state index in [2.05, 4.69) is 19.2 Å². The van der Waals surface area contributed by atoms with Gasteiger partial charge in [0, 0.05) is 18.2 Å². The van der Waals surface area contributed by atoms with Gasteiger partial charge in [-0.2, -0.15) is 0 Å². The number of nitrogens with one attached hydrogen (secondary N) is 1. The van der Waals surface area contributed by atoms with Gasteiger partial charge in [-0.05, 0) is 20.8 Å². The van der Waals surface area contributed by atoms with Crippen molar-refractivity contribution in [2.45, 2.75) is 26.8 Å². The van der Waals surface area contributed by atoms with Crippen molar-refractivity contribution in [2.75, 3.05) is 26.1 Å². The van der Waals surface area contributed by atoms with E-state index in [-0.39, 0.29) is 0 Å². The van der Waals surface area contributed by atoms with Crippen molar-refractivity contribution >= 4 is 5.69 Å². The third-order valence-corrected chi connectivity index (χ3v) is 2.23. The SMILES string of the molecule is CCOc1cc(OC)c(OC)cc1NC(C)C. The largest absolute Gasteiger partial charge is 0.493 e. The average Bonchev–Trinajstić information content (AvgIpc) is 2.30. The number of rotatable bonds is 6. The van der Waals surface area contributed by atoms with Crippen LogP contribution in [0.3, 0.4) is 0 Å². The second kappa shape index (κ2) is 6.23. The minimum absolute atomic E-state index is 0.326. The Hall–Kier alpha value is -1.58. The van der Waals surface area contributed by atoms with E-state index in [0.29, 0.717) is 24.1 Å². The number of hydrogen-bond donors (Lipinski definition) is 1. The molecule has 0 saturated carbocycles. The van der Waals surface area contributed by atoms with Crippen molar-refractivity contribution in [3.8, 4) is 17.2 Å². The zero-order valence-corrected chi connectivity index (χ0v) is 11.2. The number of methoxy groups -OCH3 is 2. The van der Waals surface area contributed by atoms with Crippen LogP contribution in [-0.2, 0) is 0 Å². The molecule has 1 N–H and O–H groups in total. The van der Waals surface area contributed by atoms with Gasteiger partial charge in [-0.15, -0.1) is 0 Å². The fourth-order valence-electron chi connectivity index (χ4n) is 1.56. The van der Waals surface area contributed by atoms with Gasteiger partial charge in [-0.25, -0.2) is 0 Å². The molecule has 0 aliphatic carbocycles. The van der Waals surface area contributed by atoms with Crippen LogP contribution < -0.4 is 19.5 Å². The Morgan fingerprint density at radius 2 is 1.65 bits per heavy atom. The van der Waals surface area contributed by atoms with Crippen LogP contribution in [0.2, 0.25) is 0 Å². The molecule has 4 heteroatoms. The maximum Gasteiger partial charge on any atom is 0.164 e. The molecular formula is C13H21NO3. The summed E-state index contributed by atoms with van der Waals surface area (Å²) in [5.41, 5.74) is 0.916. The Morgan fingerprint density at radius 3 is 2.12 bits per heavy atom. The average molecular weight is 239 g/mol. The first-order valence-corrected chi connectivity index (χ1v) is 5.77. The highest BCUT2D eigenvalue weighted by Crippen LogP contribution is 2.38. The third-order valence-electron chi connectivity index (χ3n) is 2.23. The molecule has 0 amide bonds. The topological polar surface area (TPSA) is 39.7 Å². The predicted molar refractivity (Wildman–Crippen MR) is 69.5 cm³/mol. The van der Waals surface area contributed by atoms with Crippen LogP contribution in [0, 0.1) is 0 Å². The Labute approximate surface area is 103 Å². The monoisotopic (exact) mass is 239 g/mol. The van der Waals surface area contributed by atoms with E-state index >= 15 is 0 Å². The van der Waals surface area contributed by atoms with E-state index in [1.165, 1.54) is 0 Å². The Kier molecular flexibility index (Phi) is 4.94. The number of ether oxygens (including phenoxy) is 3. The lowest BCUT2D eigenvalue weighted by Crippen LogP contribution is -2.11. The van der Waals surface area contributed by atoms with Gasteiger partial charge in [0.2, 0.25) is 0 Å². The molecule has 0 unspecified atom stereocenters. The summed E-state index contributed by atoms with van der Waals surface area (Å²) in [5.74, 6) is 2.14. The molecule has 0 atom stereocenters. The summed E-state index contributed by atoms with van der Waals surface area (Å²) < 4.78 is 16.1. The number of anilines is 1. The molecule has 0 spiro atoms. The summed E-state index contributed by atoms with van der Waals surface area (Å²) in [5, 5.41) is 3.32. The van der Waals surface area contributed by atoms with E-state index < -0.39 is 0 Å². The Morgan fingerprint density at radius 1 is 1.06 bits per heavy atom. The van der Waals surface area contributed by atoms with Gasteiger partial charge in [-0.1, -0.05) is 0 Å². The molecule has 0 radical (unpaired) electrons. The number of hydrogen-bond acceptors (Lipinski definition) is 4. The van der Waals surface area contributed by atoms with Crippen LogP contribution in [-0.4, -0.2) is 26.9 Å². The highest BCUT2D eigenvalue weighted by molar-refractivity contribution is 5.64. The quantitative estimate of drug-likeness (QED) is 0.828. The molecule has 0 bridgehead atoms. The molecule has 96 valence electrons. The molecule has 0 aliphatic heterocycles. The van der Waals surface area contributed by atoms with Crippen LogP contribution in [0.4, 0.5) is 5.69 Å². The third kappa shape index (κ3) is 3.44. The van der Waals surface area contributed by atoms with Crippen molar-refractivity contribution in [1.29, 1.82) is 0 Å². The van der Waals surface area contributed by atoms with Crippen LogP contribution >= 0.6 is 0 Å². The zero-order chi connectivity index (χ0) is 12.8. The number of benzene rings is 1. The van der Waals surface area contributed by atoms with Gasteiger partial charge < -0.3 is 19.5 Å². The molecular weight excluding hydrogens is 218 g/mol. The summed E-state index contributed by atoms with van der Waals surface area (Å²) in [6.07, 6.45) is 0. The Bertz CT molecular complexity index is 364. The van der Waals surface area contributed by atoms with E-state index in [4.69, 9.17) is 14.2 Å². The highest BCUT2D eigenvalue weighted by atomic mass is 16.5. The van der Waals surface area contributed by atoms with Crippen LogP contribution in [0.1, 0.15) is 20.8 Å². The smallest absolute Gasteiger partial charge is 0.164 e. The van der Waals surface area contributed by atoms with Gasteiger partial charge >= 0.3 is 0 Å². The van der Waals surface area contributed by atoms with Gasteiger partial charge in [-0.3, -0.25) is 0 Å². The Balaban J connectivity index is 3.14. The van der Waals surface area contributed by atoms with Crippen molar-refractivity contribution in [2.24, 2.45) is 0 Å². The minimum atomic E-state index is 0.326. The minimum Gasteiger partial charge on any atom is -0.493 e. The van der Waals surface area contributed by atoms with E-state index in [1.807, 2.05) is 19.1 Å². The van der Waals surface area contributed by atoms with Crippen molar-refractivity contribution in [3.63, 3.8) is 0 Å². The summed E-state index contributed by atoms with van der Waals surface area (Å²) in [4.78, 5) is 0. The van der Waals surface area contributed by atoms with Crippen LogP contribution in [0.15, 0.2) is 12.1 Å². The van der Waals surface area contributed by atoms with Gasteiger partial charge in [0.1, 0.15) is 5.75 Å². The van der Waals surface area contributed by atoms with Gasteiger partial charge in [0.15, 0.2) is 11.5 Å². The maximum absolute atomic E-state index is 5.58. The molecule has 4 nitrogen and oxygen atoms in total. The molecule has 1 aromatic carbocycles. The first kappa shape index (κ1) is 13.5. The highest BCUT2D eigenvalue weighted by Gasteiger charge is 2.12. The summed E-state index contributed by atoms with van der Waals surface area (Å²) in [7, 11) is 3.24. The lowest BCUT2D eigenvalue weighted by molar-refractivity contribution is 0.328. The summed E-state index contributed by atoms with van der Waals surface area (Å²) in [6.45, 7) is 6.72. The second-order valence-electron chi connectivity index (χ2n) is 3.94. The van der Waals surface area contributed by atoms with Crippen molar-refractivity contribution in [3.05, 3.63) is 12.1 Å². The van der Waals surface area contributed by atoms with Crippen LogP contribution in [0.25, 0.3) is 0 Å². The van der Waals surface area contributed by atoms with Crippen LogP contribution in [0.5, 0.6) is 17.2 Å². The molecule has 17 heavy (non-hydrogen) atoms. The molecule has 0 heterocycles. The van der Waals surface area contributed by atoms with E-state index in [0.717, 1.165) is 11.4 Å². The zero-order valence-electron chi connectivity index (χ0n) is 11.2. The molecule has 0 aromatic heterocycles. The van der Waals surface area contributed by atoms with Crippen molar-refractivity contribution < 1.29 is 14.2 Å². The summed E-state index contributed by atoms with van der Waals surface area (Å²) >= 11 is 0. The summed E-state index contributed by atoms with van der Waals surface area (Å²) in [6, 6.07) is 4.06. The normalized spacial score (nSPS) is 10.2. The molecule has 0 aliphatic rings. The fourth-order valence-corrected chi connectivity index (χ4v) is 1.56. The standard InChI is InChI=1S/C13H21NO3/c1-6-17-11-8-13(16-5)12(15-4)7-10(11)14-9(2)3/h7-9,14H,6H2,1-5H3. The lowest BCUT2D eigenvalue weighted by atomic mass is 10.2. The first-order valence-electron chi connectivity index (χ1n) is 5.77. The van der Waals surface area contributed by atoms with E-state index in [9.17, 15) is 0 Å². The van der Waals surface area contributed by atoms with Gasteiger partial charge in [0.05, 0.1) is 26.5 Å². The predicted octanol–water partition coefficient (Wildman–Crippen LogP) is 2.92. The maximum atomic E-state index is 5.58. The van der Waals surface area contributed by atoms with Gasteiger partial charge in [0.25, 0.3) is 0 Å². The lowest BCUT2D eigenvalue weighted by Gasteiger charge is -2.18. The second-order valence-corrected chi connectivity index (χ2v) is 3.94. The first-order chi connectivity index (χ1) is 8.12. The van der Waals surface area contributed by atoms with Crippen molar-refractivity contribution in [1.82, 2.24) is 0 Å². The molecule has 0 saturated heterocycles.